The van der Waals surface area contributed by atoms with Gasteiger partial charge in [-0.05, 0) is 31.0 Å². The molecule has 0 aliphatic carbocycles. The Balaban J connectivity index is 2.00. The molecule has 3 rings (SSSR count). The van der Waals surface area contributed by atoms with Crippen LogP contribution in [0.4, 0.5) is 18.9 Å². The van der Waals surface area contributed by atoms with Gasteiger partial charge in [-0.2, -0.15) is 18.3 Å². The third kappa shape index (κ3) is 3.86. The van der Waals surface area contributed by atoms with E-state index in [1.54, 1.807) is 12.1 Å². The largest absolute Gasteiger partial charge is 0.435 e. The summed E-state index contributed by atoms with van der Waals surface area (Å²) in [6.45, 7) is 3.93. The highest BCUT2D eigenvalue weighted by atomic mass is 19.4. The van der Waals surface area contributed by atoms with Crippen molar-refractivity contribution in [3.63, 3.8) is 0 Å². The van der Waals surface area contributed by atoms with Gasteiger partial charge in [0.1, 0.15) is 0 Å². The van der Waals surface area contributed by atoms with Crippen molar-refractivity contribution in [3.8, 4) is 11.1 Å². The molecular weight excluding hydrogens is 355 g/mol. The van der Waals surface area contributed by atoms with Gasteiger partial charge in [0.2, 0.25) is 0 Å². The summed E-state index contributed by atoms with van der Waals surface area (Å²) >= 11 is 0. The molecule has 7 heteroatoms. The second-order valence-electron chi connectivity index (χ2n) is 6.38. The van der Waals surface area contributed by atoms with Crippen LogP contribution in [0.3, 0.4) is 0 Å². The van der Waals surface area contributed by atoms with E-state index in [-0.39, 0.29) is 0 Å². The lowest BCUT2D eigenvalue weighted by molar-refractivity contribution is -0.141. The van der Waals surface area contributed by atoms with Crippen LogP contribution in [0.15, 0.2) is 48.7 Å². The predicted octanol–water partition coefficient (Wildman–Crippen LogP) is 4.98. The molecule has 0 saturated carbocycles. The number of carbonyl (C=O) groups is 1. The lowest BCUT2D eigenvalue weighted by Crippen LogP contribution is -2.18. The minimum Gasteiger partial charge on any atom is -0.321 e. The first kappa shape index (κ1) is 18.7. The van der Waals surface area contributed by atoms with Crippen LogP contribution in [-0.4, -0.2) is 15.7 Å². The molecule has 0 unspecified atom stereocenters. The number of carbonyl (C=O) groups excluding carboxylic acids is 1. The molecule has 0 saturated heterocycles. The number of amides is 1. The summed E-state index contributed by atoms with van der Waals surface area (Å²) in [5.41, 5.74) is 2.47. The maximum absolute atomic E-state index is 13.1. The minimum atomic E-state index is -4.71. The molecule has 3 aromatic rings. The number of anilines is 1. The van der Waals surface area contributed by atoms with E-state index in [4.69, 9.17) is 0 Å². The van der Waals surface area contributed by atoms with Crippen molar-refractivity contribution in [2.24, 2.45) is 7.05 Å². The van der Waals surface area contributed by atoms with E-state index in [2.05, 4.69) is 10.4 Å². The number of aryl methyl sites for hydroxylation is 3. The van der Waals surface area contributed by atoms with Crippen LogP contribution < -0.4 is 5.32 Å². The smallest absolute Gasteiger partial charge is 0.321 e. The molecule has 0 aliphatic heterocycles. The number of hydrogen-bond acceptors (Lipinski definition) is 2. The number of alkyl halides is 3. The van der Waals surface area contributed by atoms with Gasteiger partial charge in [-0.25, -0.2) is 0 Å². The molecule has 0 atom stereocenters. The van der Waals surface area contributed by atoms with Crippen LogP contribution in [0.25, 0.3) is 11.1 Å². The molecule has 1 heterocycles. The fraction of sp³-hybridized carbons (Fsp3) is 0.200. The van der Waals surface area contributed by atoms with Crippen LogP contribution in [0.5, 0.6) is 0 Å². The Hall–Kier alpha value is -3.09. The number of nitrogens with one attached hydrogen (secondary N) is 1. The van der Waals surface area contributed by atoms with E-state index in [1.807, 2.05) is 44.2 Å². The standard InChI is InChI=1S/C20H18F3N3O/c1-12-8-9-14(13(2)10-12)15-6-4-5-7-17(15)24-19(27)16-11-26(3)25-18(16)20(21,22)23/h4-11H,1-3H3,(H,24,27). The fourth-order valence-corrected chi connectivity index (χ4v) is 3.00. The van der Waals surface area contributed by atoms with Gasteiger partial charge in [0.15, 0.2) is 5.69 Å². The van der Waals surface area contributed by atoms with E-state index >= 15 is 0 Å². The molecule has 0 fully saturated rings. The molecule has 0 aliphatic rings. The van der Waals surface area contributed by atoms with Crippen molar-refractivity contribution >= 4 is 11.6 Å². The maximum atomic E-state index is 13.1. The van der Waals surface area contributed by atoms with Gasteiger partial charge in [0.05, 0.1) is 5.56 Å². The molecule has 0 bridgehead atoms. The first-order valence-corrected chi connectivity index (χ1v) is 8.25. The van der Waals surface area contributed by atoms with Crippen molar-refractivity contribution in [2.75, 3.05) is 5.32 Å². The summed E-state index contributed by atoms with van der Waals surface area (Å²) in [5.74, 6) is -0.854. The summed E-state index contributed by atoms with van der Waals surface area (Å²) in [5, 5.41) is 5.98. The van der Waals surface area contributed by atoms with E-state index in [1.165, 1.54) is 7.05 Å². The van der Waals surface area contributed by atoms with Gasteiger partial charge in [0.25, 0.3) is 5.91 Å². The monoisotopic (exact) mass is 373 g/mol. The second kappa shape index (κ2) is 6.90. The van der Waals surface area contributed by atoms with Crippen molar-refractivity contribution < 1.29 is 18.0 Å². The highest BCUT2D eigenvalue weighted by Gasteiger charge is 2.39. The van der Waals surface area contributed by atoms with Crippen LogP contribution in [0.1, 0.15) is 27.2 Å². The quantitative estimate of drug-likeness (QED) is 0.704. The van der Waals surface area contributed by atoms with Crippen LogP contribution in [0.2, 0.25) is 0 Å². The van der Waals surface area contributed by atoms with Crippen molar-refractivity contribution in [3.05, 3.63) is 71.0 Å². The molecule has 2 aromatic carbocycles. The average molecular weight is 373 g/mol. The third-order valence-corrected chi connectivity index (χ3v) is 4.19. The topological polar surface area (TPSA) is 46.9 Å². The maximum Gasteiger partial charge on any atom is 0.435 e. The van der Waals surface area contributed by atoms with E-state index < -0.39 is 23.3 Å². The first-order chi connectivity index (χ1) is 12.7. The lowest BCUT2D eigenvalue weighted by atomic mass is 9.97. The molecule has 0 spiro atoms. The molecular formula is C20H18F3N3O. The zero-order valence-electron chi connectivity index (χ0n) is 15.1. The molecule has 140 valence electrons. The average Bonchev–Trinajstić information content (AvgIpc) is 2.98. The predicted molar refractivity (Wildman–Crippen MR) is 97.5 cm³/mol. The zero-order chi connectivity index (χ0) is 19.8. The summed E-state index contributed by atoms with van der Waals surface area (Å²) < 4.78 is 40.4. The van der Waals surface area contributed by atoms with E-state index in [9.17, 15) is 18.0 Å². The Morgan fingerprint density at radius 2 is 1.78 bits per heavy atom. The van der Waals surface area contributed by atoms with Crippen molar-refractivity contribution in [2.45, 2.75) is 20.0 Å². The van der Waals surface area contributed by atoms with Crippen LogP contribution in [-0.2, 0) is 13.2 Å². The number of halogens is 3. The zero-order valence-corrected chi connectivity index (χ0v) is 15.1. The number of hydrogen-bond donors (Lipinski definition) is 1. The van der Waals surface area contributed by atoms with Gasteiger partial charge in [-0.15, -0.1) is 0 Å². The minimum absolute atomic E-state index is 0.437. The number of aromatic nitrogens is 2. The van der Waals surface area contributed by atoms with Crippen molar-refractivity contribution in [1.29, 1.82) is 0 Å². The fourth-order valence-electron chi connectivity index (χ4n) is 3.00. The SMILES string of the molecule is Cc1ccc(-c2ccccc2NC(=O)c2cn(C)nc2C(F)(F)F)c(C)c1. The first-order valence-electron chi connectivity index (χ1n) is 8.25. The van der Waals surface area contributed by atoms with Crippen LogP contribution >= 0.6 is 0 Å². The molecule has 0 radical (unpaired) electrons. The van der Waals surface area contributed by atoms with Crippen LogP contribution in [0, 0.1) is 13.8 Å². The number of para-hydroxylation sites is 1. The molecule has 1 amide bonds. The van der Waals surface area contributed by atoms with Gasteiger partial charge in [0, 0.05) is 24.5 Å². The normalized spacial score (nSPS) is 11.5. The van der Waals surface area contributed by atoms with Gasteiger partial charge in [-0.1, -0.05) is 42.0 Å². The Labute approximate surface area is 154 Å². The number of nitrogens with zero attached hydrogens (tertiary/aromatic N) is 2. The van der Waals surface area contributed by atoms with E-state index in [0.717, 1.165) is 33.1 Å². The lowest BCUT2D eigenvalue weighted by Gasteiger charge is -2.14. The molecule has 1 aromatic heterocycles. The number of rotatable bonds is 3. The summed E-state index contributed by atoms with van der Waals surface area (Å²) in [7, 11) is 1.34. The molecule has 4 nitrogen and oxygen atoms in total. The van der Waals surface area contributed by atoms with Gasteiger partial charge >= 0.3 is 6.18 Å². The Morgan fingerprint density at radius 1 is 1.07 bits per heavy atom. The Bertz CT molecular complexity index is 1010. The van der Waals surface area contributed by atoms with Gasteiger partial charge in [-0.3, -0.25) is 9.48 Å². The highest BCUT2D eigenvalue weighted by Crippen LogP contribution is 2.33. The molecule has 27 heavy (non-hydrogen) atoms. The summed E-state index contributed by atoms with van der Waals surface area (Å²) in [6.07, 6.45) is -3.64. The van der Waals surface area contributed by atoms with E-state index in [0.29, 0.717) is 5.69 Å². The van der Waals surface area contributed by atoms with Crippen molar-refractivity contribution in [1.82, 2.24) is 9.78 Å². The summed E-state index contributed by atoms with van der Waals surface area (Å²) in [6, 6.07) is 12.9. The Kier molecular flexibility index (Phi) is 4.78. The Morgan fingerprint density at radius 3 is 2.44 bits per heavy atom. The molecule has 1 N–H and O–H groups in total. The van der Waals surface area contributed by atoms with Gasteiger partial charge < -0.3 is 5.32 Å². The second-order valence-corrected chi connectivity index (χ2v) is 6.38. The highest BCUT2D eigenvalue weighted by molar-refractivity contribution is 6.07. The number of benzene rings is 2. The summed E-state index contributed by atoms with van der Waals surface area (Å²) in [4.78, 5) is 12.6. The third-order valence-electron chi connectivity index (χ3n) is 4.19.